The quantitative estimate of drug-likeness (QED) is 0.935. The second-order valence-corrected chi connectivity index (χ2v) is 5.16. The lowest BCUT2D eigenvalue weighted by Crippen LogP contribution is -2.20. The van der Waals surface area contributed by atoms with E-state index in [0.29, 0.717) is 0 Å². The van der Waals surface area contributed by atoms with Crippen LogP contribution in [0.15, 0.2) is 22.7 Å². The highest BCUT2D eigenvalue weighted by atomic mass is 79.9. The SMILES string of the molecule is CNC(Cc1nnn(C)n1)c1ccc(Br)cc1C. The van der Waals surface area contributed by atoms with Crippen molar-refractivity contribution in [2.75, 3.05) is 7.05 Å². The van der Waals surface area contributed by atoms with Crippen LogP contribution in [-0.4, -0.2) is 27.3 Å². The van der Waals surface area contributed by atoms with Gasteiger partial charge in [0.1, 0.15) is 0 Å². The molecule has 0 saturated carbocycles. The predicted molar refractivity (Wildman–Crippen MR) is 73.2 cm³/mol. The van der Waals surface area contributed by atoms with Crippen LogP contribution in [-0.2, 0) is 13.5 Å². The van der Waals surface area contributed by atoms with Gasteiger partial charge in [0, 0.05) is 16.9 Å². The zero-order chi connectivity index (χ0) is 13.1. The summed E-state index contributed by atoms with van der Waals surface area (Å²) in [6, 6.07) is 6.49. The summed E-state index contributed by atoms with van der Waals surface area (Å²) in [4.78, 5) is 1.48. The van der Waals surface area contributed by atoms with E-state index in [1.807, 2.05) is 7.05 Å². The van der Waals surface area contributed by atoms with Gasteiger partial charge >= 0.3 is 0 Å². The van der Waals surface area contributed by atoms with Crippen LogP contribution >= 0.6 is 15.9 Å². The van der Waals surface area contributed by atoms with Gasteiger partial charge in [0.15, 0.2) is 5.82 Å². The summed E-state index contributed by atoms with van der Waals surface area (Å²) in [6.45, 7) is 2.11. The predicted octanol–water partition coefficient (Wildman–Crippen LogP) is 1.78. The molecule has 1 aromatic heterocycles. The summed E-state index contributed by atoms with van der Waals surface area (Å²) >= 11 is 3.48. The van der Waals surface area contributed by atoms with Gasteiger partial charge in [-0.2, -0.15) is 4.80 Å². The number of likely N-dealkylation sites (N-methyl/N-ethyl adjacent to an activating group) is 1. The zero-order valence-electron chi connectivity index (χ0n) is 10.7. The summed E-state index contributed by atoms with van der Waals surface area (Å²) in [5.41, 5.74) is 2.50. The van der Waals surface area contributed by atoms with Crippen molar-refractivity contribution in [3.05, 3.63) is 39.6 Å². The van der Waals surface area contributed by atoms with E-state index in [4.69, 9.17) is 0 Å². The molecule has 96 valence electrons. The van der Waals surface area contributed by atoms with E-state index in [1.54, 1.807) is 7.05 Å². The van der Waals surface area contributed by atoms with E-state index in [9.17, 15) is 0 Å². The summed E-state index contributed by atoms with van der Waals surface area (Å²) < 4.78 is 1.09. The Balaban J connectivity index is 2.22. The van der Waals surface area contributed by atoms with E-state index in [2.05, 4.69) is 61.8 Å². The van der Waals surface area contributed by atoms with Gasteiger partial charge in [-0.1, -0.05) is 22.0 Å². The number of rotatable bonds is 4. The van der Waals surface area contributed by atoms with Crippen molar-refractivity contribution >= 4 is 15.9 Å². The molecule has 0 radical (unpaired) electrons. The van der Waals surface area contributed by atoms with Crippen molar-refractivity contribution in [2.24, 2.45) is 7.05 Å². The number of nitrogens with one attached hydrogen (secondary N) is 1. The molecule has 1 aromatic carbocycles. The molecule has 1 heterocycles. The maximum Gasteiger partial charge on any atom is 0.176 e. The molecule has 0 fully saturated rings. The third kappa shape index (κ3) is 2.94. The maximum atomic E-state index is 4.22. The molecular weight excluding hydrogens is 294 g/mol. The minimum Gasteiger partial charge on any atom is -0.313 e. The Hall–Kier alpha value is -1.27. The van der Waals surface area contributed by atoms with Crippen LogP contribution in [0, 0.1) is 6.92 Å². The lowest BCUT2D eigenvalue weighted by atomic mass is 9.99. The molecule has 0 aliphatic heterocycles. The fraction of sp³-hybridized carbons (Fsp3) is 0.417. The van der Waals surface area contributed by atoms with Gasteiger partial charge in [-0.25, -0.2) is 0 Å². The van der Waals surface area contributed by atoms with Gasteiger partial charge in [0.25, 0.3) is 0 Å². The highest BCUT2D eigenvalue weighted by molar-refractivity contribution is 9.10. The number of tetrazole rings is 1. The Morgan fingerprint density at radius 1 is 1.44 bits per heavy atom. The molecule has 2 aromatic rings. The van der Waals surface area contributed by atoms with Crippen molar-refractivity contribution in [2.45, 2.75) is 19.4 Å². The minimum absolute atomic E-state index is 0.197. The molecule has 18 heavy (non-hydrogen) atoms. The van der Waals surface area contributed by atoms with Crippen LogP contribution in [0.25, 0.3) is 0 Å². The molecular formula is C12H16BrN5. The molecule has 0 amide bonds. The molecule has 5 nitrogen and oxygen atoms in total. The Morgan fingerprint density at radius 2 is 2.22 bits per heavy atom. The third-order valence-corrected chi connectivity index (χ3v) is 3.39. The first-order valence-electron chi connectivity index (χ1n) is 5.76. The summed E-state index contributed by atoms with van der Waals surface area (Å²) in [6.07, 6.45) is 0.729. The molecule has 1 atom stereocenters. The van der Waals surface area contributed by atoms with E-state index in [-0.39, 0.29) is 6.04 Å². The van der Waals surface area contributed by atoms with Gasteiger partial charge in [-0.15, -0.1) is 10.2 Å². The largest absolute Gasteiger partial charge is 0.313 e. The van der Waals surface area contributed by atoms with Crippen LogP contribution in [0.5, 0.6) is 0 Å². The van der Waals surface area contributed by atoms with Crippen molar-refractivity contribution in [3.8, 4) is 0 Å². The molecule has 0 bridgehead atoms. The van der Waals surface area contributed by atoms with Crippen LogP contribution < -0.4 is 5.32 Å². The lowest BCUT2D eigenvalue weighted by Gasteiger charge is -2.17. The Bertz CT molecular complexity index is 537. The standard InChI is InChI=1S/C12H16BrN5/c1-8-6-9(13)4-5-10(8)11(14-2)7-12-15-17-18(3)16-12/h4-6,11,14H,7H2,1-3H3. The Morgan fingerprint density at radius 3 is 2.78 bits per heavy atom. The van der Waals surface area contributed by atoms with Gasteiger partial charge in [-0.05, 0) is 42.4 Å². The fourth-order valence-electron chi connectivity index (χ4n) is 1.99. The number of benzene rings is 1. The molecule has 6 heteroatoms. The minimum atomic E-state index is 0.197. The van der Waals surface area contributed by atoms with Gasteiger partial charge in [0.2, 0.25) is 0 Å². The van der Waals surface area contributed by atoms with E-state index in [0.717, 1.165) is 16.7 Å². The van der Waals surface area contributed by atoms with E-state index in [1.165, 1.54) is 15.9 Å². The summed E-state index contributed by atoms with van der Waals surface area (Å²) in [5, 5.41) is 15.4. The zero-order valence-corrected chi connectivity index (χ0v) is 12.3. The van der Waals surface area contributed by atoms with Crippen LogP contribution in [0.1, 0.15) is 23.0 Å². The lowest BCUT2D eigenvalue weighted by molar-refractivity contribution is 0.567. The summed E-state index contributed by atoms with van der Waals surface area (Å²) in [7, 11) is 3.72. The van der Waals surface area contributed by atoms with Gasteiger partial charge in [0.05, 0.1) is 7.05 Å². The molecule has 2 rings (SSSR count). The van der Waals surface area contributed by atoms with Crippen molar-refractivity contribution < 1.29 is 0 Å². The van der Waals surface area contributed by atoms with Crippen LogP contribution in [0.2, 0.25) is 0 Å². The number of aromatic nitrogens is 4. The fourth-order valence-corrected chi connectivity index (χ4v) is 2.46. The smallest absolute Gasteiger partial charge is 0.176 e. The first kappa shape index (κ1) is 13.2. The number of aryl methyl sites for hydroxylation is 2. The van der Waals surface area contributed by atoms with E-state index < -0.39 is 0 Å². The monoisotopic (exact) mass is 309 g/mol. The third-order valence-electron chi connectivity index (χ3n) is 2.89. The van der Waals surface area contributed by atoms with Gasteiger partial charge in [-0.3, -0.25) is 0 Å². The van der Waals surface area contributed by atoms with Crippen molar-refractivity contribution in [1.82, 2.24) is 25.5 Å². The normalized spacial score (nSPS) is 12.7. The first-order valence-corrected chi connectivity index (χ1v) is 6.55. The second kappa shape index (κ2) is 5.58. The van der Waals surface area contributed by atoms with Crippen LogP contribution in [0.3, 0.4) is 0 Å². The molecule has 1 unspecified atom stereocenters. The number of halogens is 1. The topological polar surface area (TPSA) is 55.6 Å². The van der Waals surface area contributed by atoms with Crippen molar-refractivity contribution in [1.29, 1.82) is 0 Å². The van der Waals surface area contributed by atoms with Crippen LogP contribution in [0.4, 0.5) is 0 Å². The summed E-state index contributed by atoms with van der Waals surface area (Å²) in [5.74, 6) is 0.749. The molecule has 0 aliphatic carbocycles. The number of hydrogen-bond acceptors (Lipinski definition) is 4. The average Bonchev–Trinajstić information content (AvgIpc) is 2.72. The molecule has 1 N–H and O–H groups in total. The van der Waals surface area contributed by atoms with E-state index >= 15 is 0 Å². The highest BCUT2D eigenvalue weighted by Crippen LogP contribution is 2.23. The second-order valence-electron chi connectivity index (χ2n) is 4.24. The molecule has 0 aliphatic rings. The maximum absolute atomic E-state index is 4.22. The molecule has 0 spiro atoms. The average molecular weight is 310 g/mol. The molecule has 0 saturated heterocycles. The first-order chi connectivity index (χ1) is 8.60. The Kier molecular flexibility index (Phi) is 4.08. The number of hydrogen-bond donors (Lipinski definition) is 1. The van der Waals surface area contributed by atoms with Crippen molar-refractivity contribution in [3.63, 3.8) is 0 Å². The highest BCUT2D eigenvalue weighted by Gasteiger charge is 2.15. The van der Waals surface area contributed by atoms with Gasteiger partial charge < -0.3 is 5.32 Å². The number of nitrogens with zero attached hydrogens (tertiary/aromatic N) is 4. The Labute approximate surface area is 115 Å².